The molecule has 0 aliphatic rings. The highest BCUT2D eigenvalue weighted by molar-refractivity contribution is 5.68. The van der Waals surface area contributed by atoms with Crippen molar-refractivity contribution in [2.75, 3.05) is 11.1 Å². The van der Waals surface area contributed by atoms with E-state index in [-0.39, 0.29) is 0 Å². The molecule has 0 fully saturated rings. The number of hydrogen-bond acceptors (Lipinski definition) is 2. The molecule has 0 amide bonds. The fourth-order valence-corrected chi connectivity index (χ4v) is 2.10. The molecule has 0 atom stereocenters. The first kappa shape index (κ1) is 13.5. The summed E-state index contributed by atoms with van der Waals surface area (Å²) in [4.78, 5) is 0. The van der Waals surface area contributed by atoms with Gasteiger partial charge >= 0.3 is 0 Å². The van der Waals surface area contributed by atoms with Gasteiger partial charge in [0, 0.05) is 6.54 Å². The van der Waals surface area contributed by atoms with E-state index < -0.39 is 0 Å². The number of nitrogens with one attached hydrogen (secondary N) is 1. The van der Waals surface area contributed by atoms with Gasteiger partial charge < -0.3 is 11.1 Å². The largest absolute Gasteiger partial charge is 0.397 e. The van der Waals surface area contributed by atoms with E-state index in [0.29, 0.717) is 0 Å². The monoisotopic (exact) mass is 254 g/mol. The van der Waals surface area contributed by atoms with Crippen molar-refractivity contribution in [3.63, 3.8) is 0 Å². The van der Waals surface area contributed by atoms with E-state index in [4.69, 9.17) is 5.73 Å². The van der Waals surface area contributed by atoms with Gasteiger partial charge in [-0.15, -0.1) is 0 Å². The molecule has 0 bridgehead atoms. The van der Waals surface area contributed by atoms with Gasteiger partial charge in [-0.3, -0.25) is 0 Å². The Kier molecular flexibility index (Phi) is 3.79. The van der Waals surface area contributed by atoms with Crippen molar-refractivity contribution in [1.82, 2.24) is 0 Å². The number of nitrogens with two attached hydrogens (primary N) is 1. The molecule has 0 aliphatic heterocycles. The van der Waals surface area contributed by atoms with Gasteiger partial charge in [-0.25, -0.2) is 0 Å². The van der Waals surface area contributed by atoms with Gasteiger partial charge in [-0.05, 0) is 67.6 Å². The summed E-state index contributed by atoms with van der Waals surface area (Å²) in [7, 11) is 0. The maximum Gasteiger partial charge on any atom is 0.0579 e. The predicted molar refractivity (Wildman–Crippen MR) is 83.6 cm³/mol. The Labute approximate surface area is 115 Å². The summed E-state index contributed by atoms with van der Waals surface area (Å²) in [5.41, 5.74) is 14.3. The summed E-state index contributed by atoms with van der Waals surface area (Å²) < 4.78 is 0. The number of rotatable bonds is 3. The molecule has 0 saturated carbocycles. The van der Waals surface area contributed by atoms with Crippen LogP contribution < -0.4 is 11.1 Å². The second-order valence-electron chi connectivity index (χ2n) is 5.30. The van der Waals surface area contributed by atoms with E-state index in [0.717, 1.165) is 17.9 Å². The van der Waals surface area contributed by atoms with Gasteiger partial charge in [-0.2, -0.15) is 0 Å². The molecule has 0 unspecified atom stereocenters. The third-order valence-corrected chi connectivity index (χ3v) is 3.72. The lowest BCUT2D eigenvalue weighted by Crippen LogP contribution is -2.04. The first-order chi connectivity index (χ1) is 8.97. The Morgan fingerprint density at radius 3 is 2.16 bits per heavy atom. The molecule has 19 heavy (non-hydrogen) atoms. The third kappa shape index (κ3) is 3.08. The molecule has 2 aromatic rings. The van der Waals surface area contributed by atoms with Gasteiger partial charge in [0.1, 0.15) is 0 Å². The molecule has 0 aromatic heterocycles. The van der Waals surface area contributed by atoms with Crippen molar-refractivity contribution < 1.29 is 0 Å². The first-order valence-electron chi connectivity index (χ1n) is 6.64. The van der Waals surface area contributed by atoms with Gasteiger partial charge in [0.2, 0.25) is 0 Å². The Morgan fingerprint density at radius 2 is 1.47 bits per heavy atom. The standard InChI is InChI=1S/C17H22N2/c1-11-5-6-15(7-12(11)2)10-19-17-9-14(4)13(3)8-16(17)18/h5-9,19H,10,18H2,1-4H3. The lowest BCUT2D eigenvalue weighted by Gasteiger charge is -2.13. The fraction of sp³-hybridized carbons (Fsp3) is 0.294. The molecule has 2 aromatic carbocycles. The van der Waals surface area contributed by atoms with Crippen molar-refractivity contribution in [1.29, 1.82) is 0 Å². The van der Waals surface area contributed by atoms with Crippen LogP contribution in [0.1, 0.15) is 27.8 Å². The van der Waals surface area contributed by atoms with Crippen LogP contribution in [0.15, 0.2) is 30.3 Å². The summed E-state index contributed by atoms with van der Waals surface area (Å²) in [6, 6.07) is 10.7. The Bertz CT molecular complexity index is 600. The molecule has 0 spiro atoms. The molecule has 2 nitrogen and oxygen atoms in total. The fourth-order valence-electron chi connectivity index (χ4n) is 2.10. The van der Waals surface area contributed by atoms with Crippen molar-refractivity contribution in [2.24, 2.45) is 0 Å². The van der Waals surface area contributed by atoms with Gasteiger partial charge in [0.15, 0.2) is 0 Å². The number of nitrogen functional groups attached to an aromatic ring is 1. The SMILES string of the molecule is Cc1ccc(CNc2cc(C)c(C)cc2N)cc1C. The Morgan fingerprint density at radius 1 is 0.842 bits per heavy atom. The summed E-state index contributed by atoms with van der Waals surface area (Å²) in [6.45, 7) is 9.26. The van der Waals surface area contributed by atoms with Crippen LogP contribution in [0, 0.1) is 27.7 Å². The van der Waals surface area contributed by atoms with Crippen LogP contribution in [0.25, 0.3) is 0 Å². The highest BCUT2D eigenvalue weighted by Gasteiger charge is 2.03. The highest BCUT2D eigenvalue weighted by Crippen LogP contribution is 2.23. The molecule has 2 rings (SSSR count). The van der Waals surface area contributed by atoms with Gasteiger partial charge in [0.05, 0.1) is 11.4 Å². The van der Waals surface area contributed by atoms with E-state index in [2.05, 4.69) is 57.3 Å². The number of anilines is 2. The molecule has 0 radical (unpaired) electrons. The molecular formula is C17H22N2. The van der Waals surface area contributed by atoms with Crippen LogP contribution >= 0.6 is 0 Å². The molecule has 0 heterocycles. The minimum atomic E-state index is 0.799. The van der Waals surface area contributed by atoms with Gasteiger partial charge in [-0.1, -0.05) is 18.2 Å². The zero-order valence-electron chi connectivity index (χ0n) is 12.2. The van der Waals surface area contributed by atoms with Crippen LogP contribution in [-0.2, 0) is 6.54 Å². The lowest BCUT2D eigenvalue weighted by atomic mass is 10.1. The third-order valence-electron chi connectivity index (χ3n) is 3.72. The molecule has 0 aliphatic carbocycles. The van der Waals surface area contributed by atoms with E-state index in [1.165, 1.54) is 27.8 Å². The highest BCUT2D eigenvalue weighted by atomic mass is 14.9. The summed E-state index contributed by atoms with van der Waals surface area (Å²) in [5.74, 6) is 0. The zero-order chi connectivity index (χ0) is 14.0. The molecular weight excluding hydrogens is 232 g/mol. The zero-order valence-corrected chi connectivity index (χ0v) is 12.2. The minimum absolute atomic E-state index is 0.799. The van der Waals surface area contributed by atoms with E-state index in [1.54, 1.807) is 0 Å². The maximum absolute atomic E-state index is 6.05. The Hall–Kier alpha value is -1.96. The van der Waals surface area contributed by atoms with Gasteiger partial charge in [0.25, 0.3) is 0 Å². The van der Waals surface area contributed by atoms with Crippen molar-refractivity contribution in [3.05, 3.63) is 58.1 Å². The average molecular weight is 254 g/mol. The normalized spacial score (nSPS) is 10.5. The topological polar surface area (TPSA) is 38.0 Å². The van der Waals surface area contributed by atoms with Crippen LogP contribution in [-0.4, -0.2) is 0 Å². The van der Waals surface area contributed by atoms with Crippen LogP contribution in [0.5, 0.6) is 0 Å². The van der Waals surface area contributed by atoms with Crippen molar-refractivity contribution in [2.45, 2.75) is 34.2 Å². The number of hydrogen-bond donors (Lipinski definition) is 2. The van der Waals surface area contributed by atoms with Crippen molar-refractivity contribution in [3.8, 4) is 0 Å². The summed E-state index contributed by atoms with van der Waals surface area (Å²) >= 11 is 0. The van der Waals surface area contributed by atoms with E-state index >= 15 is 0 Å². The van der Waals surface area contributed by atoms with E-state index in [1.807, 2.05) is 6.07 Å². The maximum atomic E-state index is 6.05. The van der Waals surface area contributed by atoms with Crippen LogP contribution in [0.2, 0.25) is 0 Å². The molecule has 0 saturated heterocycles. The molecule has 100 valence electrons. The number of benzene rings is 2. The lowest BCUT2D eigenvalue weighted by molar-refractivity contribution is 1.13. The Balaban J connectivity index is 2.14. The van der Waals surface area contributed by atoms with Crippen LogP contribution in [0.4, 0.5) is 11.4 Å². The average Bonchev–Trinajstić information content (AvgIpc) is 2.36. The van der Waals surface area contributed by atoms with E-state index in [9.17, 15) is 0 Å². The second kappa shape index (κ2) is 5.35. The molecule has 2 heteroatoms. The summed E-state index contributed by atoms with van der Waals surface area (Å²) in [6.07, 6.45) is 0. The second-order valence-corrected chi connectivity index (χ2v) is 5.30. The van der Waals surface area contributed by atoms with Crippen LogP contribution in [0.3, 0.4) is 0 Å². The smallest absolute Gasteiger partial charge is 0.0579 e. The quantitative estimate of drug-likeness (QED) is 0.809. The van der Waals surface area contributed by atoms with Crippen molar-refractivity contribution >= 4 is 11.4 Å². The summed E-state index contributed by atoms with van der Waals surface area (Å²) in [5, 5.41) is 3.42. The molecule has 3 N–H and O–H groups in total. The number of aryl methyl sites for hydroxylation is 4. The predicted octanol–water partition coefficient (Wildman–Crippen LogP) is 4.11. The first-order valence-corrected chi connectivity index (χ1v) is 6.64. The minimum Gasteiger partial charge on any atom is -0.397 e.